The lowest BCUT2D eigenvalue weighted by Crippen LogP contribution is -2.38. The molecule has 1 fully saturated rings. The van der Waals surface area contributed by atoms with E-state index in [2.05, 4.69) is 52.8 Å². The maximum Gasteiger partial charge on any atom is 0.0850 e. The van der Waals surface area contributed by atoms with Gasteiger partial charge in [-0.05, 0) is 61.2 Å². The quantitative estimate of drug-likeness (QED) is 0.686. The van der Waals surface area contributed by atoms with Crippen molar-refractivity contribution in [2.24, 2.45) is 28.6 Å². The molecule has 0 saturated heterocycles. The van der Waals surface area contributed by atoms with Crippen LogP contribution in [-0.2, 0) is 0 Å². The third-order valence-corrected chi connectivity index (χ3v) is 6.94. The van der Waals surface area contributed by atoms with Crippen molar-refractivity contribution in [3.63, 3.8) is 0 Å². The van der Waals surface area contributed by atoms with Gasteiger partial charge in [0, 0.05) is 0 Å². The van der Waals surface area contributed by atoms with Gasteiger partial charge in [-0.1, -0.05) is 51.5 Å². The Bertz CT molecular complexity index is 470. The Morgan fingerprint density at radius 1 is 1.15 bits per heavy atom. The van der Waals surface area contributed by atoms with Gasteiger partial charge in [-0.2, -0.15) is 0 Å². The van der Waals surface area contributed by atoms with Crippen molar-refractivity contribution in [1.82, 2.24) is 0 Å². The Kier molecular flexibility index (Phi) is 3.04. The highest BCUT2D eigenvalue weighted by Gasteiger charge is 2.53. The molecule has 1 spiro atoms. The maximum atomic E-state index is 10.6. The number of hydrogen-bond acceptors (Lipinski definition) is 1. The fourth-order valence-electron chi connectivity index (χ4n) is 4.84. The third kappa shape index (κ3) is 1.93. The Morgan fingerprint density at radius 2 is 1.85 bits per heavy atom. The molecule has 4 atom stereocenters. The number of hydrogen-bond donors (Lipinski definition) is 1. The van der Waals surface area contributed by atoms with Crippen LogP contribution >= 0.6 is 0 Å². The van der Waals surface area contributed by atoms with E-state index >= 15 is 0 Å². The highest BCUT2D eigenvalue weighted by molar-refractivity contribution is 5.28. The minimum Gasteiger partial charge on any atom is -0.386 e. The lowest BCUT2D eigenvalue weighted by atomic mass is 9.67. The summed E-state index contributed by atoms with van der Waals surface area (Å²) in [6.45, 7) is 11.4. The summed E-state index contributed by atoms with van der Waals surface area (Å²) >= 11 is 0. The zero-order valence-corrected chi connectivity index (χ0v) is 13.7. The second-order valence-electron chi connectivity index (χ2n) is 8.59. The fourth-order valence-corrected chi connectivity index (χ4v) is 4.84. The lowest BCUT2D eigenvalue weighted by molar-refractivity contribution is 0.0137. The zero-order chi connectivity index (χ0) is 14.8. The van der Waals surface area contributed by atoms with Crippen LogP contribution < -0.4 is 0 Å². The second kappa shape index (κ2) is 4.22. The Hall–Kier alpha value is -0.560. The second-order valence-corrected chi connectivity index (χ2v) is 8.59. The van der Waals surface area contributed by atoms with Crippen molar-refractivity contribution in [2.75, 3.05) is 0 Å². The summed E-state index contributed by atoms with van der Waals surface area (Å²) < 4.78 is 0. The average molecular weight is 274 g/mol. The van der Waals surface area contributed by atoms with Crippen LogP contribution in [0.1, 0.15) is 60.3 Å². The van der Waals surface area contributed by atoms with Gasteiger partial charge in [-0.3, -0.25) is 0 Å². The summed E-state index contributed by atoms with van der Waals surface area (Å²) in [6.07, 6.45) is 11.8. The normalized spacial score (nSPS) is 46.0. The molecular weight excluding hydrogens is 244 g/mol. The summed E-state index contributed by atoms with van der Waals surface area (Å²) in [6, 6.07) is 0. The van der Waals surface area contributed by atoms with Crippen LogP contribution in [0, 0.1) is 28.6 Å². The first-order valence-electron chi connectivity index (χ1n) is 8.30. The van der Waals surface area contributed by atoms with Gasteiger partial charge in [0.05, 0.1) is 5.60 Å². The molecule has 20 heavy (non-hydrogen) atoms. The molecular formula is C19H30O. The minimum atomic E-state index is -0.565. The number of aliphatic hydroxyl groups is 1. The molecule has 112 valence electrons. The Labute approximate surface area is 124 Å². The molecule has 0 amide bonds. The molecule has 1 saturated carbocycles. The monoisotopic (exact) mass is 274 g/mol. The fraction of sp³-hybridized carbons (Fsp3) is 0.789. The van der Waals surface area contributed by atoms with Crippen LogP contribution in [0.25, 0.3) is 0 Å². The molecule has 0 aromatic carbocycles. The van der Waals surface area contributed by atoms with E-state index in [-0.39, 0.29) is 0 Å². The molecule has 0 aromatic heterocycles. The number of rotatable bonds is 1. The van der Waals surface area contributed by atoms with Crippen molar-refractivity contribution in [3.8, 4) is 0 Å². The van der Waals surface area contributed by atoms with Gasteiger partial charge >= 0.3 is 0 Å². The zero-order valence-electron chi connectivity index (χ0n) is 13.7. The standard InChI is InChI=1S/C19H30O/c1-13(2)19(20)8-6-18(7-9-19)11-15-10-14(3)17(4,5)16(15)12-18/h6,8,10,13,15-16,20H,7,9,11-12H2,1-5H3/t15-,16+,18-,19?/m0/s1. The average Bonchev–Trinajstić information content (AvgIpc) is 2.81. The molecule has 0 radical (unpaired) electrons. The van der Waals surface area contributed by atoms with Crippen molar-refractivity contribution >= 4 is 0 Å². The van der Waals surface area contributed by atoms with Crippen LogP contribution in [0.2, 0.25) is 0 Å². The predicted octanol–water partition coefficient (Wildman–Crippen LogP) is 4.72. The molecule has 0 bridgehead atoms. The predicted molar refractivity (Wildman–Crippen MR) is 84.3 cm³/mol. The van der Waals surface area contributed by atoms with Gasteiger partial charge < -0.3 is 5.11 Å². The van der Waals surface area contributed by atoms with Crippen LogP contribution in [0.4, 0.5) is 0 Å². The summed E-state index contributed by atoms with van der Waals surface area (Å²) in [4.78, 5) is 0. The van der Waals surface area contributed by atoms with E-state index in [9.17, 15) is 5.11 Å². The molecule has 0 heterocycles. The molecule has 3 aliphatic rings. The van der Waals surface area contributed by atoms with E-state index in [1.165, 1.54) is 12.8 Å². The van der Waals surface area contributed by atoms with E-state index in [0.717, 1.165) is 24.7 Å². The van der Waals surface area contributed by atoms with Crippen molar-refractivity contribution in [2.45, 2.75) is 65.9 Å². The minimum absolute atomic E-state index is 0.315. The van der Waals surface area contributed by atoms with E-state index in [0.29, 0.717) is 16.7 Å². The van der Waals surface area contributed by atoms with Crippen molar-refractivity contribution in [3.05, 3.63) is 23.8 Å². The molecule has 3 rings (SSSR count). The molecule has 3 aliphatic carbocycles. The smallest absolute Gasteiger partial charge is 0.0850 e. The summed E-state index contributed by atoms with van der Waals surface area (Å²) in [5, 5.41) is 10.6. The molecule has 1 nitrogen and oxygen atoms in total. The molecule has 1 N–H and O–H groups in total. The SMILES string of the molecule is CC1=C[C@H]2C[C@@]3(C=CC(O)(C(C)C)CC3)C[C@H]2C1(C)C. The van der Waals surface area contributed by atoms with Crippen molar-refractivity contribution in [1.29, 1.82) is 0 Å². The van der Waals surface area contributed by atoms with Crippen LogP contribution in [-0.4, -0.2) is 10.7 Å². The van der Waals surface area contributed by atoms with Crippen LogP contribution in [0.5, 0.6) is 0 Å². The van der Waals surface area contributed by atoms with Gasteiger partial charge in [0.15, 0.2) is 0 Å². The molecule has 0 aliphatic heterocycles. The first-order valence-corrected chi connectivity index (χ1v) is 8.30. The highest BCUT2D eigenvalue weighted by atomic mass is 16.3. The summed E-state index contributed by atoms with van der Waals surface area (Å²) in [7, 11) is 0. The van der Waals surface area contributed by atoms with Gasteiger partial charge in [-0.25, -0.2) is 0 Å². The molecule has 1 heteroatoms. The number of fused-ring (bicyclic) bond motifs is 1. The molecule has 1 unspecified atom stereocenters. The van der Waals surface area contributed by atoms with Gasteiger partial charge in [-0.15, -0.1) is 0 Å². The van der Waals surface area contributed by atoms with E-state index in [4.69, 9.17) is 0 Å². The Balaban J connectivity index is 1.83. The molecule has 0 aromatic rings. The van der Waals surface area contributed by atoms with Gasteiger partial charge in [0.25, 0.3) is 0 Å². The highest BCUT2D eigenvalue weighted by Crippen LogP contribution is 2.62. The van der Waals surface area contributed by atoms with Gasteiger partial charge in [0.1, 0.15) is 0 Å². The van der Waals surface area contributed by atoms with E-state index in [1.54, 1.807) is 5.57 Å². The topological polar surface area (TPSA) is 20.2 Å². The first kappa shape index (κ1) is 14.4. The largest absolute Gasteiger partial charge is 0.386 e. The third-order valence-electron chi connectivity index (χ3n) is 6.94. The summed E-state index contributed by atoms with van der Waals surface area (Å²) in [5.74, 6) is 1.88. The van der Waals surface area contributed by atoms with Crippen molar-refractivity contribution < 1.29 is 5.11 Å². The van der Waals surface area contributed by atoms with Crippen LogP contribution in [0.15, 0.2) is 23.8 Å². The van der Waals surface area contributed by atoms with Gasteiger partial charge in [0.2, 0.25) is 0 Å². The first-order chi connectivity index (χ1) is 9.19. The van der Waals surface area contributed by atoms with Crippen LogP contribution in [0.3, 0.4) is 0 Å². The van der Waals surface area contributed by atoms with E-state index < -0.39 is 5.60 Å². The summed E-state index contributed by atoms with van der Waals surface area (Å²) in [5.41, 5.74) is 1.75. The maximum absolute atomic E-state index is 10.6. The van der Waals surface area contributed by atoms with E-state index in [1.807, 2.05) is 0 Å². The Morgan fingerprint density at radius 3 is 2.35 bits per heavy atom. The number of allylic oxidation sites excluding steroid dienone is 3. The lowest BCUT2D eigenvalue weighted by Gasteiger charge is -2.40.